The Kier molecular flexibility index (Phi) is 5.54. The van der Waals surface area contributed by atoms with Crippen molar-refractivity contribution in [2.45, 2.75) is 31.8 Å². The molecule has 0 radical (unpaired) electrons. The molecule has 3 nitrogen and oxygen atoms in total. The molecule has 108 valence electrons. The smallest absolute Gasteiger partial charge is 0.124 e. The summed E-state index contributed by atoms with van der Waals surface area (Å²) >= 11 is 0. The predicted molar refractivity (Wildman–Crippen MR) is 77.5 cm³/mol. The van der Waals surface area contributed by atoms with Crippen LogP contribution in [-0.2, 0) is 6.54 Å². The van der Waals surface area contributed by atoms with E-state index in [1.165, 1.54) is 18.6 Å². The highest BCUT2D eigenvalue weighted by atomic mass is 19.1. The van der Waals surface area contributed by atoms with Crippen molar-refractivity contribution in [1.29, 1.82) is 0 Å². The van der Waals surface area contributed by atoms with E-state index in [0.717, 1.165) is 18.4 Å². The van der Waals surface area contributed by atoms with Gasteiger partial charge >= 0.3 is 0 Å². The highest BCUT2D eigenvalue weighted by Crippen LogP contribution is 2.26. The van der Waals surface area contributed by atoms with E-state index in [1.807, 2.05) is 6.07 Å². The van der Waals surface area contributed by atoms with Crippen molar-refractivity contribution in [3.63, 3.8) is 0 Å². The number of hydrogen-bond donors (Lipinski definition) is 2. The molecule has 0 saturated heterocycles. The fourth-order valence-electron chi connectivity index (χ4n) is 2.47. The van der Waals surface area contributed by atoms with Crippen LogP contribution in [0.1, 0.15) is 30.4 Å². The lowest BCUT2D eigenvalue weighted by molar-refractivity contribution is 0.0945. The van der Waals surface area contributed by atoms with E-state index in [1.54, 1.807) is 0 Å². The Morgan fingerprint density at radius 3 is 2.75 bits per heavy atom. The molecule has 0 aliphatic heterocycles. The first-order chi connectivity index (χ1) is 9.72. The lowest BCUT2D eigenvalue weighted by atomic mass is 9.91. The summed E-state index contributed by atoms with van der Waals surface area (Å²) in [7, 11) is 0. The molecule has 0 atom stereocenters. The molecular weight excluding hydrogens is 255 g/mol. The molecule has 2 rings (SSSR count). The van der Waals surface area contributed by atoms with Crippen LogP contribution in [0.4, 0.5) is 4.39 Å². The van der Waals surface area contributed by atoms with Crippen LogP contribution in [-0.4, -0.2) is 35.7 Å². The largest absolute Gasteiger partial charge is 0.395 e. The number of nitrogens with zero attached hydrogens (tertiary/aromatic N) is 1. The molecule has 0 bridgehead atoms. The second-order valence-electron chi connectivity index (χ2n) is 5.13. The summed E-state index contributed by atoms with van der Waals surface area (Å²) in [5.74, 6) is 5.33. The van der Waals surface area contributed by atoms with Crippen molar-refractivity contribution in [2.75, 3.05) is 19.7 Å². The van der Waals surface area contributed by atoms with Crippen LogP contribution in [0.25, 0.3) is 0 Å². The zero-order chi connectivity index (χ0) is 14.4. The molecule has 0 heterocycles. The van der Waals surface area contributed by atoms with E-state index in [4.69, 9.17) is 10.8 Å². The minimum Gasteiger partial charge on any atom is -0.395 e. The van der Waals surface area contributed by atoms with Gasteiger partial charge in [0.05, 0.1) is 13.2 Å². The summed E-state index contributed by atoms with van der Waals surface area (Å²) in [6.07, 6.45) is 3.56. The third kappa shape index (κ3) is 4.04. The monoisotopic (exact) mass is 276 g/mol. The Bertz CT molecular complexity index is 503. The average molecular weight is 276 g/mol. The van der Waals surface area contributed by atoms with Crippen molar-refractivity contribution in [3.05, 3.63) is 35.1 Å². The number of hydrogen-bond acceptors (Lipinski definition) is 3. The van der Waals surface area contributed by atoms with Gasteiger partial charge in [0, 0.05) is 24.7 Å². The Labute approximate surface area is 119 Å². The summed E-state index contributed by atoms with van der Waals surface area (Å²) in [5.41, 5.74) is 6.89. The van der Waals surface area contributed by atoms with E-state index in [-0.39, 0.29) is 19.0 Å². The van der Waals surface area contributed by atoms with Crippen molar-refractivity contribution in [1.82, 2.24) is 4.90 Å². The summed E-state index contributed by atoms with van der Waals surface area (Å²) in [6, 6.07) is 5.38. The number of aliphatic hydroxyl groups is 1. The van der Waals surface area contributed by atoms with Gasteiger partial charge in [-0.25, -0.2) is 4.39 Å². The lowest BCUT2D eigenvalue weighted by Crippen LogP contribution is -2.41. The van der Waals surface area contributed by atoms with Crippen LogP contribution >= 0.6 is 0 Å². The summed E-state index contributed by atoms with van der Waals surface area (Å²) in [6.45, 7) is 1.68. The second kappa shape index (κ2) is 7.39. The third-order valence-electron chi connectivity index (χ3n) is 3.66. The number of nitrogens with two attached hydrogens (primary N) is 1. The average Bonchev–Trinajstić information content (AvgIpc) is 2.34. The van der Waals surface area contributed by atoms with Crippen molar-refractivity contribution in [3.8, 4) is 11.8 Å². The number of aliphatic hydroxyl groups excluding tert-OH is 1. The quantitative estimate of drug-likeness (QED) is 0.801. The molecule has 1 aromatic carbocycles. The molecule has 0 spiro atoms. The van der Waals surface area contributed by atoms with Crippen molar-refractivity contribution < 1.29 is 9.50 Å². The molecular formula is C16H21FN2O. The SMILES string of the molecule is NCC#Cc1cc(F)cc(CN(CCO)C2CCC2)c1. The number of benzene rings is 1. The summed E-state index contributed by atoms with van der Waals surface area (Å²) in [5, 5.41) is 9.16. The van der Waals surface area contributed by atoms with Crippen LogP contribution in [0, 0.1) is 17.7 Å². The van der Waals surface area contributed by atoms with Gasteiger partial charge in [-0.05, 0) is 36.6 Å². The van der Waals surface area contributed by atoms with Crippen LogP contribution in [0.5, 0.6) is 0 Å². The topological polar surface area (TPSA) is 49.5 Å². The minimum atomic E-state index is -0.277. The predicted octanol–water partition coefficient (Wildman–Crippen LogP) is 1.48. The molecule has 0 unspecified atom stereocenters. The maximum atomic E-state index is 13.6. The van der Waals surface area contributed by atoms with Gasteiger partial charge in [-0.2, -0.15) is 0 Å². The third-order valence-corrected chi connectivity index (χ3v) is 3.66. The molecule has 0 amide bonds. The fraction of sp³-hybridized carbons (Fsp3) is 0.500. The molecule has 1 aliphatic carbocycles. The maximum Gasteiger partial charge on any atom is 0.124 e. The molecule has 1 fully saturated rings. The molecule has 1 saturated carbocycles. The van der Waals surface area contributed by atoms with Crippen LogP contribution in [0.3, 0.4) is 0 Å². The van der Waals surface area contributed by atoms with E-state index < -0.39 is 0 Å². The number of halogens is 1. The van der Waals surface area contributed by atoms with E-state index in [0.29, 0.717) is 24.7 Å². The van der Waals surface area contributed by atoms with Gasteiger partial charge in [0.1, 0.15) is 5.82 Å². The van der Waals surface area contributed by atoms with Crippen molar-refractivity contribution >= 4 is 0 Å². The van der Waals surface area contributed by atoms with E-state index >= 15 is 0 Å². The zero-order valence-electron chi connectivity index (χ0n) is 11.6. The fourth-order valence-corrected chi connectivity index (χ4v) is 2.47. The first kappa shape index (κ1) is 15.0. The molecule has 20 heavy (non-hydrogen) atoms. The lowest BCUT2D eigenvalue weighted by Gasteiger charge is -2.37. The Hall–Kier alpha value is -1.41. The standard InChI is InChI=1S/C16H21FN2O/c17-15-10-13(3-2-6-18)9-14(11-15)12-19(7-8-20)16-4-1-5-16/h9-11,16,20H,1,4-8,12,18H2. The van der Waals surface area contributed by atoms with E-state index in [9.17, 15) is 4.39 Å². The van der Waals surface area contributed by atoms with Gasteiger partial charge in [-0.1, -0.05) is 18.3 Å². The summed E-state index contributed by atoms with van der Waals surface area (Å²) in [4.78, 5) is 2.22. The Balaban J connectivity index is 2.11. The van der Waals surface area contributed by atoms with Gasteiger partial charge in [0.25, 0.3) is 0 Å². The zero-order valence-corrected chi connectivity index (χ0v) is 11.6. The van der Waals surface area contributed by atoms with Gasteiger partial charge in [-0.3, -0.25) is 4.90 Å². The highest BCUT2D eigenvalue weighted by molar-refractivity contribution is 5.38. The first-order valence-corrected chi connectivity index (χ1v) is 7.06. The van der Waals surface area contributed by atoms with Crippen LogP contribution < -0.4 is 5.73 Å². The van der Waals surface area contributed by atoms with Gasteiger partial charge < -0.3 is 10.8 Å². The summed E-state index contributed by atoms with van der Waals surface area (Å²) < 4.78 is 13.6. The molecule has 3 N–H and O–H groups in total. The molecule has 4 heteroatoms. The first-order valence-electron chi connectivity index (χ1n) is 7.06. The van der Waals surface area contributed by atoms with E-state index in [2.05, 4.69) is 16.7 Å². The Morgan fingerprint density at radius 2 is 2.15 bits per heavy atom. The van der Waals surface area contributed by atoms with Crippen molar-refractivity contribution in [2.24, 2.45) is 5.73 Å². The molecule has 1 aromatic rings. The molecule has 0 aromatic heterocycles. The maximum absolute atomic E-state index is 13.6. The minimum absolute atomic E-state index is 0.131. The van der Waals surface area contributed by atoms with Crippen LogP contribution in [0.2, 0.25) is 0 Å². The highest BCUT2D eigenvalue weighted by Gasteiger charge is 2.24. The molecule has 1 aliphatic rings. The Morgan fingerprint density at radius 1 is 1.35 bits per heavy atom. The van der Waals surface area contributed by atoms with Gasteiger partial charge in [-0.15, -0.1) is 0 Å². The second-order valence-corrected chi connectivity index (χ2v) is 5.13. The van der Waals surface area contributed by atoms with Gasteiger partial charge in [0.15, 0.2) is 0 Å². The number of rotatable bonds is 5. The van der Waals surface area contributed by atoms with Gasteiger partial charge in [0.2, 0.25) is 0 Å². The van der Waals surface area contributed by atoms with Crippen LogP contribution in [0.15, 0.2) is 18.2 Å². The normalized spacial score (nSPS) is 14.8.